The van der Waals surface area contributed by atoms with Crippen LogP contribution in [0.25, 0.3) is 0 Å². The molecule has 1 unspecified atom stereocenters. The van der Waals surface area contributed by atoms with Gasteiger partial charge < -0.3 is 19.9 Å². The predicted molar refractivity (Wildman–Crippen MR) is 86.6 cm³/mol. The zero-order chi connectivity index (χ0) is 16.7. The minimum absolute atomic E-state index is 0.212. The molecule has 0 radical (unpaired) electrons. The fourth-order valence-electron chi connectivity index (χ4n) is 2.15. The van der Waals surface area contributed by atoms with Gasteiger partial charge in [-0.25, -0.2) is 4.79 Å². The first kappa shape index (κ1) is 17.0. The van der Waals surface area contributed by atoms with Crippen LogP contribution >= 0.6 is 0 Å². The van der Waals surface area contributed by atoms with Gasteiger partial charge in [0.1, 0.15) is 6.33 Å². The number of hydrogen-bond acceptors (Lipinski definition) is 4. The summed E-state index contributed by atoms with van der Waals surface area (Å²) in [6, 6.07) is 7.54. The van der Waals surface area contributed by atoms with E-state index in [1.807, 2.05) is 45.2 Å². The van der Waals surface area contributed by atoms with Crippen LogP contribution in [-0.4, -0.2) is 27.4 Å². The molecule has 2 rings (SSSR count). The van der Waals surface area contributed by atoms with Gasteiger partial charge in [-0.1, -0.05) is 24.3 Å². The maximum atomic E-state index is 11.9. The van der Waals surface area contributed by atoms with Crippen molar-refractivity contribution in [3.63, 3.8) is 0 Å². The Kier molecular flexibility index (Phi) is 6.10. The van der Waals surface area contributed by atoms with Gasteiger partial charge in [0.25, 0.3) is 0 Å². The van der Waals surface area contributed by atoms with E-state index in [9.17, 15) is 4.79 Å². The van der Waals surface area contributed by atoms with Crippen molar-refractivity contribution in [3.8, 4) is 0 Å². The molecule has 1 heterocycles. The minimum atomic E-state index is -0.237. The Morgan fingerprint density at radius 1 is 1.30 bits per heavy atom. The van der Waals surface area contributed by atoms with Crippen molar-refractivity contribution in [2.24, 2.45) is 7.05 Å². The number of nitrogens with one attached hydrogen (secondary N) is 2. The molecule has 2 N–H and O–H groups in total. The van der Waals surface area contributed by atoms with Crippen molar-refractivity contribution >= 4 is 6.03 Å². The smallest absolute Gasteiger partial charge is 0.315 e. The number of urea groups is 1. The summed E-state index contributed by atoms with van der Waals surface area (Å²) in [7, 11) is 1.84. The number of ether oxygens (including phenoxy) is 1. The van der Waals surface area contributed by atoms with E-state index in [2.05, 4.69) is 20.8 Å². The zero-order valence-corrected chi connectivity index (χ0v) is 13.7. The molecular weight excluding hydrogens is 294 g/mol. The van der Waals surface area contributed by atoms with Gasteiger partial charge in [0.05, 0.1) is 12.6 Å². The van der Waals surface area contributed by atoms with Crippen LogP contribution in [0.15, 0.2) is 30.6 Å². The van der Waals surface area contributed by atoms with Gasteiger partial charge >= 0.3 is 6.03 Å². The molecule has 0 fully saturated rings. The SMILES string of the molecule is CCOCc1ccc(CNC(=O)NC(C)c2nncn2C)cc1. The van der Waals surface area contributed by atoms with Gasteiger partial charge in [0.2, 0.25) is 0 Å². The number of carbonyl (C=O) groups is 1. The molecule has 0 aliphatic carbocycles. The van der Waals surface area contributed by atoms with Crippen LogP contribution in [0.3, 0.4) is 0 Å². The highest BCUT2D eigenvalue weighted by atomic mass is 16.5. The van der Waals surface area contributed by atoms with Gasteiger partial charge in [-0.3, -0.25) is 0 Å². The van der Waals surface area contributed by atoms with Crippen molar-refractivity contribution in [2.45, 2.75) is 33.0 Å². The summed E-state index contributed by atoms with van der Waals surface area (Å²) in [6.07, 6.45) is 1.61. The Hall–Kier alpha value is -2.41. The van der Waals surface area contributed by atoms with Gasteiger partial charge in [-0.15, -0.1) is 10.2 Å². The van der Waals surface area contributed by atoms with Gasteiger partial charge in [-0.2, -0.15) is 0 Å². The number of amides is 2. The first-order valence-corrected chi connectivity index (χ1v) is 7.64. The Morgan fingerprint density at radius 3 is 2.61 bits per heavy atom. The van der Waals surface area contributed by atoms with E-state index in [0.29, 0.717) is 25.6 Å². The molecule has 124 valence electrons. The number of carbonyl (C=O) groups excluding carboxylic acids is 1. The quantitative estimate of drug-likeness (QED) is 0.817. The van der Waals surface area contributed by atoms with Crippen LogP contribution < -0.4 is 10.6 Å². The van der Waals surface area contributed by atoms with Gasteiger partial charge in [-0.05, 0) is 25.0 Å². The second kappa shape index (κ2) is 8.28. The number of aryl methyl sites for hydroxylation is 1. The fourth-order valence-corrected chi connectivity index (χ4v) is 2.15. The highest BCUT2D eigenvalue weighted by molar-refractivity contribution is 5.74. The van der Waals surface area contributed by atoms with Crippen LogP contribution in [0.1, 0.15) is 36.8 Å². The molecule has 7 heteroatoms. The molecule has 0 aliphatic heterocycles. The Bertz CT molecular complexity index is 624. The summed E-state index contributed by atoms with van der Waals surface area (Å²) >= 11 is 0. The maximum absolute atomic E-state index is 11.9. The largest absolute Gasteiger partial charge is 0.377 e. The van der Waals surface area contributed by atoms with Gasteiger partial charge in [0, 0.05) is 20.2 Å². The van der Waals surface area contributed by atoms with Crippen molar-refractivity contribution in [1.29, 1.82) is 0 Å². The monoisotopic (exact) mass is 317 g/mol. The molecule has 2 aromatic rings. The van der Waals surface area contributed by atoms with E-state index in [4.69, 9.17) is 4.74 Å². The maximum Gasteiger partial charge on any atom is 0.315 e. The van der Waals surface area contributed by atoms with E-state index < -0.39 is 0 Å². The van der Waals surface area contributed by atoms with Crippen LogP contribution in [0.4, 0.5) is 4.79 Å². The van der Waals surface area contributed by atoms with Crippen LogP contribution in [-0.2, 0) is 24.9 Å². The first-order valence-electron chi connectivity index (χ1n) is 7.64. The Morgan fingerprint density at radius 2 is 2.00 bits per heavy atom. The summed E-state index contributed by atoms with van der Waals surface area (Å²) in [5.41, 5.74) is 2.16. The molecule has 0 saturated carbocycles. The molecule has 0 bridgehead atoms. The van der Waals surface area contributed by atoms with Crippen LogP contribution in [0, 0.1) is 0 Å². The summed E-state index contributed by atoms with van der Waals surface area (Å²) in [5, 5.41) is 13.5. The molecule has 0 aliphatic rings. The highest BCUT2D eigenvalue weighted by Crippen LogP contribution is 2.07. The molecule has 1 atom stereocenters. The first-order chi connectivity index (χ1) is 11.1. The number of rotatable bonds is 7. The average Bonchev–Trinajstić information content (AvgIpc) is 2.98. The standard InChI is InChI=1S/C16H23N5O2/c1-4-23-10-14-7-5-13(6-8-14)9-17-16(22)19-12(2)15-20-18-11-21(15)3/h5-8,11-12H,4,9-10H2,1-3H3,(H2,17,19,22). The molecular formula is C16H23N5O2. The molecule has 1 aromatic carbocycles. The van der Waals surface area contributed by atoms with Crippen molar-refractivity contribution < 1.29 is 9.53 Å². The number of nitrogens with zero attached hydrogens (tertiary/aromatic N) is 3. The molecule has 0 saturated heterocycles. The fraction of sp³-hybridized carbons (Fsp3) is 0.438. The number of hydrogen-bond donors (Lipinski definition) is 2. The zero-order valence-electron chi connectivity index (χ0n) is 13.7. The molecule has 1 aromatic heterocycles. The molecule has 23 heavy (non-hydrogen) atoms. The number of benzene rings is 1. The van der Waals surface area contributed by atoms with E-state index in [0.717, 1.165) is 11.1 Å². The summed E-state index contributed by atoms with van der Waals surface area (Å²) < 4.78 is 7.13. The lowest BCUT2D eigenvalue weighted by atomic mass is 10.1. The van der Waals surface area contributed by atoms with Gasteiger partial charge in [0.15, 0.2) is 5.82 Å². The second-order valence-electron chi connectivity index (χ2n) is 5.30. The van der Waals surface area contributed by atoms with E-state index in [1.165, 1.54) is 0 Å². The molecule has 0 spiro atoms. The minimum Gasteiger partial charge on any atom is -0.377 e. The van der Waals surface area contributed by atoms with E-state index in [1.54, 1.807) is 10.9 Å². The topological polar surface area (TPSA) is 81.1 Å². The van der Waals surface area contributed by atoms with Crippen LogP contribution in [0.5, 0.6) is 0 Å². The van der Waals surface area contributed by atoms with E-state index >= 15 is 0 Å². The van der Waals surface area contributed by atoms with Crippen molar-refractivity contribution in [1.82, 2.24) is 25.4 Å². The average molecular weight is 317 g/mol. The molecule has 7 nitrogen and oxygen atoms in total. The second-order valence-corrected chi connectivity index (χ2v) is 5.30. The normalized spacial score (nSPS) is 12.0. The lowest BCUT2D eigenvalue weighted by molar-refractivity contribution is 0.134. The summed E-state index contributed by atoms with van der Waals surface area (Å²) in [6.45, 7) is 5.62. The van der Waals surface area contributed by atoms with Crippen molar-refractivity contribution in [2.75, 3.05) is 6.61 Å². The van der Waals surface area contributed by atoms with Crippen molar-refractivity contribution in [3.05, 3.63) is 47.5 Å². The molecule has 2 amide bonds. The summed E-state index contributed by atoms with van der Waals surface area (Å²) in [4.78, 5) is 11.9. The highest BCUT2D eigenvalue weighted by Gasteiger charge is 2.13. The lowest BCUT2D eigenvalue weighted by Crippen LogP contribution is -2.37. The number of aromatic nitrogens is 3. The lowest BCUT2D eigenvalue weighted by Gasteiger charge is -2.14. The third kappa shape index (κ3) is 5.07. The van der Waals surface area contributed by atoms with E-state index in [-0.39, 0.29) is 12.1 Å². The predicted octanol–water partition coefficient (Wildman–Crippen LogP) is 1.91. The Balaban J connectivity index is 1.79. The van der Waals surface area contributed by atoms with Crippen LogP contribution in [0.2, 0.25) is 0 Å². The third-order valence-electron chi connectivity index (χ3n) is 3.43. The Labute approximate surface area is 136 Å². The summed E-state index contributed by atoms with van der Waals surface area (Å²) in [5.74, 6) is 0.709. The third-order valence-corrected chi connectivity index (χ3v) is 3.43.